The SMILES string of the molecule is Cc1cnc(Cl)nc1Nc1cc(Cl)ccc1C#N. The zero-order valence-electron chi connectivity index (χ0n) is 9.41. The Morgan fingerprint density at radius 3 is 2.83 bits per heavy atom. The van der Waals surface area contributed by atoms with Crippen LogP contribution in [0.3, 0.4) is 0 Å². The van der Waals surface area contributed by atoms with E-state index in [0.29, 0.717) is 22.1 Å². The largest absolute Gasteiger partial charge is 0.339 e. The molecule has 2 aromatic rings. The topological polar surface area (TPSA) is 61.6 Å². The van der Waals surface area contributed by atoms with Crippen LogP contribution in [-0.2, 0) is 0 Å². The molecule has 0 saturated heterocycles. The average molecular weight is 279 g/mol. The molecular formula is C12H8Cl2N4. The second-order valence-electron chi connectivity index (χ2n) is 3.60. The molecule has 1 heterocycles. The third kappa shape index (κ3) is 2.70. The van der Waals surface area contributed by atoms with Crippen LogP contribution in [0.15, 0.2) is 24.4 Å². The van der Waals surface area contributed by atoms with Crippen LogP contribution in [0.4, 0.5) is 11.5 Å². The predicted molar refractivity (Wildman–Crippen MR) is 71.2 cm³/mol. The van der Waals surface area contributed by atoms with E-state index in [1.54, 1.807) is 24.4 Å². The highest BCUT2D eigenvalue weighted by Crippen LogP contribution is 2.25. The van der Waals surface area contributed by atoms with E-state index in [1.807, 2.05) is 6.92 Å². The zero-order chi connectivity index (χ0) is 13.1. The number of anilines is 2. The summed E-state index contributed by atoms with van der Waals surface area (Å²) in [5.41, 5.74) is 1.89. The molecule has 18 heavy (non-hydrogen) atoms. The zero-order valence-corrected chi connectivity index (χ0v) is 10.9. The first-order valence-electron chi connectivity index (χ1n) is 5.06. The van der Waals surface area contributed by atoms with Gasteiger partial charge in [0.2, 0.25) is 5.28 Å². The van der Waals surface area contributed by atoms with E-state index in [2.05, 4.69) is 21.4 Å². The number of rotatable bonds is 2. The van der Waals surface area contributed by atoms with E-state index in [9.17, 15) is 0 Å². The smallest absolute Gasteiger partial charge is 0.224 e. The van der Waals surface area contributed by atoms with Crippen LogP contribution in [0.1, 0.15) is 11.1 Å². The quantitative estimate of drug-likeness (QED) is 0.851. The van der Waals surface area contributed by atoms with Gasteiger partial charge in [-0.3, -0.25) is 0 Å². The van der Waals surface area contributed by atoms with Crippen LogP contribution < -0.4 is 5.32 Å². The van der Waals surface area contributed by atoms with Gasteiger partial charge in [0.1, 0.15) is 11.9 Å². The van der Waals surface area contributed by atoms with E-state index < -0.39 is 0 Å². The van der Waals surface area contributed by atoms with Gasteiger partial charge in [0, 0.05) is 16.8 Å². The normalized spacial score (nSPS) is 9.89. The van der Waals surface area contributed by atoms with Gasteiger partial charge in [-0.15, -0.1) is 0 Å². The van der Waals surface area contributed by atoms with E-state index in [0.717, 1.165) is 5.56 Å². The van der Waals surface area contributed by atoms with Gasteiger partial charge in [-0.25, -0.2) is 9.97 Å². The summed E-state index contributed by atoms with van der Waals surface area (Å²) in [6.07, 6.45) is 1.61. The van der Waals surface area contributed by atoms with Crippen molar-refractivity contribution >= 4 is 34.7 Å². The van der Waals surface area contributed by atoms with Crippen molar-refractivity contribution in [1.29, 1.82) is 5.26 Å². The minimum atomic E-state index is 0.142. The van der Waals surface area contributed by atoms with Crippen LogP contribution in [-0.4, -0.2) is 9.97 Å². The molecule has 0 aliphatic heterocycles. The second-order valence-corrected chi connectivity index (χ2v) is 4.37. The number of halogens is 2. The molecule has 0 saturated carbocycles. The van der Waals surface area contributed by atoms with Gasteiger partial charge in [0.05, 0.1) is 11.3 Å². The van der Waals surface area contributed by atoms with Crippen molar-refractivity contribution in [3.63, 3.8) is 0 Å². The summed E-state index contributed by atoms with van der Waals surface area (Å²) in [4.78, 5) is 7.93. The van der Waals surface area contributed by atoms with E-state index in [4.69, 9.17) is 28.5 Å². The predicted octanol–water partition coefficient (Wildman–Crippen LogP) is 3.71. The average Bonchev–Trinajstić information content (AvgIpc) is 2.34. The highest BCUT2D eigenvalue weighted by molar-refractivity contribution is 6.31. The first kappa shape index (κ1) is 12.6. The number of aromatic nitrogens is 2. The summed E-state index contributed by atoms with van der Waals surface area (Å²) in [5, 5.41) is 12.7. The van der Waals surface area contributed by atoms with Crippen LogP contribution in [0, 0.1) is 18.3 Å². The Kier molecular flexibility index (Phi) is 3.66. The Labute approximate surface area is 114 Å². The monoisotopic (exact) mass is 278 g/mol. The van der Waals surface area contributed by atoms with Crippen molar-refractivity contribution in [2.75, 3.05) is 5.32 Å². The number of nitrogens with one attached hydrogen (secondary N) is 1. The fourth-order valence-electron chi connectivity index (χ4n) is 1.39. The minimum absolute atomic E-state index is 0.142. The Balaban J connectivity index is 2.43. The molecule has 0 spiro atoms. The van der Waals surface area contributed by atoms with Crippen molar-refractivity contribution < 1.29 is 0 Å². The lowest BCUT2D eigenvalue weighted by atomic mass is 10.2. The summed E-state index contributed by atoms with van der Waals surface area (Å²) in [5.74, 6) is 0.550. The molecular weight excluding hydrogens is 271 g/mol. The Morgan fingerprint density at radius 2 is 2.11 bits per heavy atom. The van der Waals surface area contributed by atoms with Crippen molar-refractivity contribution in [3.05, 3.63) is 45.8 Å². The molecule has 90 valence electrons. The first-order chi connectivity index (χ1) is 8.60. The van der Waals surface area contributed by atoms with Gasteiger partial charge in [-0.1, -0.05) is 11.6 Å². The van der Waals surface area contributed by atoms with Crippen molar-refractivity contribution in [3.8, 4) is 6.07 Å². The highest BCUT2D eigenvalue weighted by atomic mass is 35.5. The van der Waals surface area contributed by atoms with E-state index >= 15 is 0 Å². The summed E-state index contributed by atoms with van der Waals surface area (Å²) < 4.78 is 0. The summed E-state index contributed by atoms with van der Waals surface area (Å²) in [6, 6.07) is 7.04. The van der Waals surface area contributed by atoms with Gasteiger partial charge in [0.15, 0.2) is 0 Å². The van der Waals surface area contributed by atoms with Gasteiger partial charge < -0.3 is 5.32 Å². The van der Waals surface area contributed by atoms with Crippen LogP contribution >= 0.6 is 23.2 Å². The molecule has 0 unspecified atom stereocenters. The number of nitrogens with zero attached hydrogens (tertiary/aromatic N) is 3. The first-order valence-corrected chi connectivity index (χ1v) is 5.81. The molecule has 0 amide bonds. The highest BCUT2D eigenvalue weighted by Gasteiger charge is 2.07. The molecule has 0 aliphatic carbocycles. The summed E-state index contributed by atoms with van der Waals surface area (Å²) in [6.45, 7) is 1.84. The molecule has 4 nitrogen and oxygen atoms in total. The lowest BCUT2D eigenvalue weighted by molar-refractivity contribution is 1.13. The maximum atomic E-state index is 9.02. The summed E-state index contributed by atoms with van der Waals surface area (Å²) in [7, 11) is 0. The second kappa shape index (κ2) is 5.21. The lowest BCUT2D eigenvalue weighted by Gasteiger charge is -2.10. The molecule has 0 radical (unpaired) electrons. The molecule has 1 N–H and O–H groups in total. The Hall–Kier alpha value is -1.83. The number of aryl methyl sites for hydroxylation is 1. The number of hydrogen-bond acceptors (Lipinski definition) is 4. The van der Waals surface area contributed by atoms with Gasteiger partial charge >= 0.3 is 0 Å². The standard InChI is InChI=1S/C12H8Cl2N4/c1-7-6-16-12(14)18-11(7)17-10-4-9(13)3-2-8(10)5-15/h2-4,6H,1H3,(H,16,17,18). The molecule has 0 atom stereocenters. The van der Waals surface area contributed by atoms with Crippen molar-refractivity contribution in [2.24, 2.45) is 0 Å². The maximum absolute atomic E-state index is 9.02. The lowest BCUT2D eigenvalue weighted by Crippen LogP contribution is -2.00. The summed E-state index contributed by atoms with van der Waals surface area (Å²) >= 11 is 11.6. The molecule has 0 bridgehead atoms. The number of nitriles is 1. The molecule has 1 aromatic heterocycles. The number of benzene rings is 1. The van der Waals surface area contributed by atoms with Crippen LogP contribution in [0.25, 0.3) is 0 Å². The van der Waals surface area contributed by atoms with Crippen LogP contribution in [0.2, 0.25) is 10.3 Å². The van der Waals surface area contributed by atoms with Gasteiger partial charge in [0.25, 0.3) is 0 Å². The van der Waals surface area contributed by atoms with Crippen molar-refractivity contribution in [2.45, 2.75) is 6.92 Å². The third-order valence-corrected chi connectivity index (χ3v) is 2.71. The Bertz CT molecular complexity index is 634. The molecule has 1 aromatic carbocycles. The fraction of sp³-hybridized carbons (Fsp3) is 0.0833. The molecule has 0 aliphatic rings. The van der Waals surface area contributed by atoms with Gasteiger partial charge in [-0.2, -0.15) is 5.26 Å². The Morgan fingerprint density at radius 1 is 1.33 bits per heavy atom. The van der Waals surface area contributed by atoms with E-state index in [-0.39, 0.29) is 5.28 Å². The molecule has 6 heteroatoms. The maximum Gasteiger partial charge on any atom is 0.224 e. The molecule has 0 fully saturated rings. The van der Waals surface area contributed by atoms with Crippen molar-refractivity contribution in [1.82, 2.24) is 9.97 Å². The number of hydrogen-bond donors (Lipinski definition) is 1. The van der Waals surface area contributed by atoms with Gasteiger partial charge in [-0.05, 0) is 36.7 Å². The third-order valence-electron chi connectivity index (χ3n) is 2.30. The van der Waals surface area contributed by atoms with Crippen LogP contribution in [0.5, 0.6) is 0 Å². The molecule has 2 rings (SSSR count). The van der Waals surface area contributed by atoms with E-state index in [1.165, 1.54) is 0 Å². The fourth-order valence-corrected chi connectivity index (χ4v) is 1.70. The minimum Gasteiger partial charge on any atom is -0.339 e.